The van der Waals surface area contributed by atoms with E-state index in [1.54, 1.807) is 12.1 Å². The van der Waals surface area contributed by atoms with E-state index >= 15 is 0 Å². The molecule has 1 nitrogen and oxygen atoms in total. The molecule has 2 rings (SSSR count). The van der Waals surface area contributed by atoms with Gasteiger partial charge in [0, 0.05) is 5.69 Å². The lowest BCUT2D eigenvalue weighted by Crippen LogP contribution is -2.10. The minimum atomic E-state index is -0.239. The first-order valence-corrected chi connectivity index (χ1v) is 7.26. The Morgan fingerprint density at radius 2 is 1.89 bits per heavy atom. The molecule has 0 heterocycles. The lowest BCUT2D eigenvalue weighted by Gasteiger charge is -2.20. The average Bonchev–Trinajstić information content (AvgIpc) is 2.43. The van der Waals surface area contributed by atoms with Crippen molar-refractivity contribution in [1.29, 1.82) is 0 Å². The largest absolute Gasteiger partial charge is 0.378 e. The van der Waals surface area contributed by atoms with Crippen LogP contribution in [-0.2, 0) is 0 Å². The Morgan fingerprint density at radius 1 is 1.16 bits per heavy atom. The zero-order valence-corrected chi connectivity index (χ0v) is 12.5. The van der Waals surface area contributed by atoms with E-state index in [0.717, 1.165) is 18.5 Å². The van der Waals surface area contributed by atoms with Crippen LogP contribution in [0.2, 0.25) is 0 Å². The fourth-order valence-electron chi connectivity index (χ4n) is 2.08. The summed E-state index contributed by atoms with van der Waals surface area (Å²) < 4.78 is 13.7. The molecule has 1 atom stereocenters. The number of nitrogens with one attached hydrogen (secondary N) is 1. The smallest absolute Gasteiger partial charge is 0.137 e. The van der Waals surface area contributed by atoms with Crippen molar-refractivity contribution in [3.8, 4) is 0 Å². The van der Waals surface area contributed by atoms with Gasteiger partial charge in [0.1, 0.15) is 5.82 Å². The monoisotopic (exact) mass is 321 g/mol. The molecule has 0 aliphatic rings. The summed E-state index contributed by atoms with van der Waals surface area (Å²) in [5.74, 6) is -0.239. The summed E-state index contributed by atoms with van der Waals surface area (Å²) in [6.45, 7) is 2.16. The third-order valence-corrected chi connectivity index (χ3v) is 3.65. The third-order valence-electron chi connectivity index (χ3n) is 3.04. The molecule has 0 aliphatic heterocycles. The van der Waals surface area contributed by atoms with E-state index in [9.17, 15) is 4.39 Å². The predicted octanol–water partition coefficient (Wildman–Crippen LogP) is 5.54. The highest BCUT2D eigenvalue weighted by Gasteiger charge is 2.10. The Morgan fingerprint density at radius 3 is 2.53 bits per heavy atom. The molecule has 0 aromatic heterocycles. The van der Waals surface area contributed by atoms with Crippen LogP contribution in [0.4, 0.5) is 10.1 Å². The van der Waals surface area contributed by atoms with Crippen molar-refractivity contribution in [2.75, 3.05) is 5.32 Å². The van der Waals surface area contributed by atoms with Gasteiger partial charge in [-0.3, -0.25) is 0 Å². The molecule has 0 aliphatic carbocycles. The second kappa shape index (κ2) is 6.71. The topological polar surface area (TPSA) is 12.0 Å². The van der Waals surface area contributed by atoms with Crippen molar-refractivity contribution in [2.24, 2.45) is 0 Å². The van der Waals surface area contributed by atoms with Crippen LogP contribution in [0.3, 0.4) is 0 Å². The lowest BCUT2D eigenvalue weighted by molar-refractivity contribution is 0.620. The number of hydrogen-bond donors (Lipinski definition) is 1. The standard InChI is InChI=1S/C16H17BrFN/c1-2-6-16(12-7-4-3-5-8-12)19-13-9-10-15(18)14(17)11-13/h3-5,7-11,16,19H,2,6H2,1H3. The van der Waals surface area contributed by atoms with Gasteiger partial charge < -0.3 is 5.32 Å². The SMILES string of the molecule is CCCC(Nc1ccc(F)c(Br)c1)c1ccccc1. The molecule has 1 unspecified atom stereocenters. The molecule has 2 aromatic rings. The predicted molar refractivity (Wildman–Crippen MR) is 81.8 cm³/mol. The van der Waals surface area contributed by atoms with E-state index in [1.807, 2.05) is 18.2 Å². The molecule has 0 bridgehead atoms. The number of halogens is 2. The Balaban J connectivity index is 2.19. The third kappa shape index (κ3) is 3.80. The van der Waals surface area contributed by atoms with Gasteiger partial charge in [0.2, 0.25) is 0 Å². The molecule has 0 saturated heterocycles. The quantitative estimate of drug-likeness (QED) is 0.762. The van der Waals surface area contributed by atoms with Gasteiger partial charge in [-0.05, 0) is 46.1 Å². The van der Waals surface area contributed by atoms with Crippen molar-refractivity contribution >= 4 is 21.6 Å². The van der Waals surface area contributed by atoms with Gasteiger partial charge in [0.05, 0.1) is 10.5 Å². The Bertz CT molecular complexity index is 528. The second-order valence-corrected chi connectivity index (χ2v) is 5.38. The van der Waals surface area contributed by atoms with Crippen molar-refractivity contribution in [2.45, 2.75) is 25.8 Å². The number of anilines is 1. The first kappa shape index (κ1) is 14.1. The van der Waals surface area contributed by atoms with Crippen LogP contribution in [0.15, 0.2) is 53.0 Å². The Hall–Kier alpha value is -1.35. The molecule has 0 fully saturated rings. The van der Waals surface area contributed by atoms with Crippen molar-refractivity contribution in [1.82, 2.24) is 0 Å². The zero-order chi connectivity index (χ0) is 13.7. The molecule has 2 aromatic carbocycles. The summed E-state index contributed by atoms with van der Waals surface area (Å²) in [7, 11) is 0. The fraction of sp³-hybridized carbons (Fsp3) is 0.250. The molecule has 3 heteroatoms. The number of rotatable bonds is 5. The first-order valence-electron chi connectivity index (χ1n) is 6.47. The van der Waals surface area contributed by atoms with E-state index < -0.39 is 0 Å². The highest BCUT2D eigenvalue weighted by molar-refractivity contribution is 9.10. The summed E-state index contributed by atoms with van der Waals surface area (Å²) >= 11 is 3.22. The molecule has 0 spiro atoms. The van der Waals surface area contributed by atoms with Crippen molar-refractivity contribution in [3.05, 3.63) is 64.4 Å². The van der Waals surface area contributed by atoms with E-state index in [4.69, 9.17) is 0 Å². The van der Waals surface area contributed by atoms with E-state index in [0.29, 0.717) is 4.47 Å². The van der Waals surface area contributed by atoms with Crippen LogP contribution in [-0.4, -0.2) is 0 Å². The molecule has 19 heavy (non-hydrogen) atoms. The van der Waals surface area contributed by atoms with Crippen LogP contribution in [0.25, 0.3) is 0 Å². The highest BCUT2D eigenvalue weighted by atomic mass is 79.9. The summed E-state index contributed by atoms with van der Waals surface area (Å²) in [4.78, 5) is 0. The fourth-order valence-corrected chi connectivity index (χ4v) is 2.46. The average molecular weight is 322 g/mol. The minimum Gasteiger partial charge on any atom is -0.378 e. The maximum atomic E-state index is 13.2. The van der Waals surface area contributed by atoms with Crippen LogP contribution >= 0.6 is 15.9 Å². The van der Waals surface area contributed by atoms with Crippen molar-refractivity contribution in [3.63, 3.8) is 0 Å². The molecule has 0 amide bonds. The molecule has 100 valence electrons. The van der Waals surface area contributed by atoms with E-state index in [-0.39, 0.29) is 11.9 Å². The zero-order valence-electron chi connectivity index (χ0n) is 10.9. The van der Waals surface area contributed by atoms with E-state index in [1.165, 1.54) is 11.6 Å². The maximum Gasteiger partial charge on any atom is 0.137 e. The molecule has 1 N–H and O–H groups in total. The lowest BCUT2D eigenvalue weighted by atomic mass is 10.0. The maximum absolute atomic E-state index is 13.2. The Kier molecular flexibility index (Phi) is 4.97. The second-order valence-electron chi connectivity index (χ2n) is 4.53. The van der Waals surface area contributed by atoms with E-state index in [2.05, 4.69) is 40.3 Å². The summed E-state index contributed by atoms with van der Waals surface area (Å²) in [5, 5.41) is 3.47. The summed E-state index contributed by atoms with van der Waals surface area (Å²) in [6, 6.07) is 15.6. The van der Waals surface area contributed by atoms with Crippen LogP contribution in [0.1, 0.15) is 31.4 Å². The Labute approximate surface area is 122 Å². The number of hydrogen-bond acceptors (Lipinski definition) is 1. The van der Waals surface area contributed by atoms with Gasteiger partial charge in [-0.15, -0.1) is 0 Å². The molecular formula is C16H17BrFN. The first-order chi connectivity index (χ1) is 9.20. The van der Waals surface area contributed by atoms with Gasteiger partial charge in [-0.2, -0.15) is 0 Å². The number of benzene rings is 2. The van der Waals surface area contributed by atoms with Gasteiger partial charge in [0.15, 0.2) is 0 Å². The van der Waals surface area contributed by atoms with Crippen LogP contribution < -0.4 is 5.32 Å². The highest BCUT2D eigenvalue weighted by Crippen LogP contribution is 2.26. The summed E-state index contributed by atoms with van der Waals surface area (Å²) in [5.41, 5.74) is 2.18. The molecular weight excluding hydrogens is 305 g/mol. The molecule has 0 saturated carbocycles. The normalized spacial score (nSPS) is 12.2. The van der Waals surface area contributed by atoms with Gasteiger partial charge in [0.25, 0.3) is 0 Å². The van der Waals surface area contributed by atoms with Crippen molar-refractivity contribution < 1.29 is 4.39 Å². The molecule has 0 radical (unpaired) electrons. The summed E-state index contributed by atoms with van der Waals surface area (Å²) in [6.07, 6.45) is 2.13. The van der Waals surface area contributed by atoms with Gasteiger partial charge in [-0.25, -0.2) is 4.39 Å². The minimum absolute atomic E-state index is 0.239. The van der Waals surface area contributed by atoms with Crippen LogP contribution in [0.5, 0.6) is 0 Å². The van der Waals surface area contributed by atoms with Gasteiger partial charge >= 0.3 is 0 Å². The van der Waals surface area contributed by atoms with Gasteiger partial charge in [-0.1, -0.05) is 43.7 Å². The van der Waals surface area contributed by atoms with Crippen LogP contribution in [0, 0.1) is 5.82 Å².